The lowest BCUT2D eigenvalue weighted by Gasteiger charge is -2.27. The highest BCUT2D eigenvalue weighted by Gasteiger charge is 2.33. The largest absolute Gasteiger partial charge is 0.508 e. The number of aliphatic hydroxyl groups is 5. The minimum absolute atomic E-state index is 0.0493. The smallest absolute Gasteiger partial charge is 0.338 e. The molecule has 0 unspecified atom stereocenters. The van der Waals surface area contributed by atoms with E-state index < -0.39 is 43.6 Å². The van der Waals surface area contributed by atoms with Crippen molar-refractivity contribution in [3.05, 3.63) is 29.8 Å². The van der Waals surface area contributed by atoms with Gasteiger partial charge in [-0.05, 0) is 24.3 Å². The topological polar surface area (TPSA) is 148 Å². The third kappa shape index (κ3) is 4.66. The van der Waals surface area contributed by atoms with E-state index in [4.69, 9.17) is 20.1 Å². The van der Waals surface area contributed by atoms with Crippen molar-refractivity contribution < 1.29 is 40.2 Å². The number of carbonyl (C=O) groups excluding carboxylic acids is 1. The van der Waals surface area contributed by atoms with Gasteiger partial charge in [0.25, 0.3) is 0 Å². The summed E-state index contributed by atoms with van der Waals surface area (Å²) in [6, 6.07) is 5.06. The van der Waals surface area contributed by atoms with Gasteiger partial charge in [0.05, 0.1) is 18.8 Å². The maximum absolute atomic E-state index is 11.8. The third-order valence-electron chi connectivity index (χ3n) is 2.85. The molecule has 0 amide bonds. The fraction of sp³-hybridized carbons (Fsp3) is 0.462. The quantitative estimate of drug-likeness (QED) is 0.316. The van der Waals surface area contributed by atoms with E-state index in [1.54, 1.807) is 0 Å². The highest BCUT2D eigenvalue weighted by molar-refractivity contribution is 5.89. The van der Waals surface area contributed by atoms with Crippen molar-refractivity contribution in [3.8, 4) is 5.75 Å². The lowest BCUT2D eigenvalue weighted by molar-refractivity contribution is -0.126. The zero-order valence-corrected chi connectivity index (χ0v) is 11.0. The van der Waals surface area contributed by atoms with Crippen LogP contribution in [0.1, 0.15) is 10.4 Å². The van der Waals surface area contributed by atoms with Crippen molar-refractivity contribution in [2.45, 2.75) is 24.4 Å². The number of phenols is 1. The summed E-state index contributed by atoms with van der Waals surface area (Å²) >= 11 is 0. The van der Waals surface area contributed by atoms with Gasteiger partial charge >= 0.3 is 5.97 Å². The molecule has 1 aromatic carbocycles. The molecule has 0 aliphatic heterocycles. The number of hydrogen-bond donors (Lipinski definition) is 6. The number of esters is 1. The average Bonchev–Trinajstić information content (AvgIpc) is 2.50. The van der Waals surface area contributed by atoms with Crippen LogP contribution in [0, 0.1) is 0 Å². The summed E-state index contributed by atoms with van der Waals surface area (Å²) in [6.07, 6.45) is -6.69. The Morgan fingerprint density at radius 3 is 2.05 bits per heavy atom. The van der Waals surface area contributed by atoms with Crippen molar-refractivity contribution >= 4 is 5.97 Å². The predicted octanol–water partition coefficient (Wildman–Crippen LogP) is -2.02. The molecule has 6 N–H and O–H groups in total. The van der Waals surface area contributed by atoms with Crippen molar-refractivity contribution in [1.82, 2.24) is 0 Å². The molecule has 0 aliphatic rings. The third-order valence-corrected chi connectivity index (χ3v) is 2.85. The highest BCUT2D eigenvalue weighted by Crippen LogP contribution is 2.14. The van der Waals surface area contributed by atoms with Crippen LogP contribution in [0.2, 0.25) is 0 Å². The first-order chi connectivity index (χ1) is 9.90. The molecule has 0 aromatic heterocycles. The van der Waals surface area contributed by atoms with Gasteiger partial charge < -0.3 is 35.4 Å². The number of aromatic hydroxyl groups is 1. The van der Waals surface area contributed by atoms with Gasteiger partial charge in [0, 0.05) is 0 Å². The van der Waals surface area contributed by atoms with Gasteiger partial charge in [-0.1, -0.05) is 0 Å². The zero-order chi connectivity index (χ0) is 16.0. The zero-order valence-electron chi connectivity index (χ0n) is 11.0. The summed E-state index contributed by atoms with van der Waals surface area (Å²) in [5.74, 6) is -0.939. The van der Waals surface area contributed by atoms with Crippen molar-refractivity contribution in [2.24, 2.45) is 0 Å². The Labute approximate surface area is 120 Å². The lowest BCUT2D eigenvalue weighted by Crippen LogP contribution is -2.48. The maximum atomic E-state index is 11.8. The molecule has 4 atom stereocenters. The summed E-state index contributed by atoms with van der Waals surface area (Å²) < 4.78 is 4.83. The molecule has 21 heavy (non-hydrogen) atoms. The highest BCUT2D eigenvalue weighted by atomic mass is 16.6. The number of hydrogen-bond acceptors (Lipinski definition) is 8. The second-order valence-corrected chi connectivity index (χ2v) is 4.40. The molecule has 118 valence electrons. The van der Waals surface area contributed by atoms with Crippen LogP contribution in [0.3, 0.4) is 0 Å². The lowest BCUT2D eigenvalue weighted by atomic mass is 10.0. The van der Waals surface area contributed by atoms with Gasteiger partial charge in [0.15, 0.2) is 6.10 Å². The molecular formula is C13H18O8. The minimum atomic E-state index is -1.79. The Balaban J connectivity index is 2.72. The Kier molecular flexibility index (Phi) is 6.53. The van der Waals surface area contributed by atoms with E-state index in [0.717, 1.165) is 0 Å². The van der Waals surface area contributed by atoms with Gasteiger partial charge in [-0.3, -0.25) is 0 Å². The molecule has 1 rings (SSSR count). The molecule has 0 saturated carbocycles. The van der Waals surface area contributed by atoms with E-state index in [-0.39, 0.29) is 11.3 Å². The Morgan fingerprint density at radius 1 is 1.00 bits per heavy atom. The van der Waals surface area contributed by atoms with Crippen molar-refractivity contribution in [1.29, 1.82) is 0 Å². The second kappa shape index (κ2) is 7.91. The summed E-state index contributed by atoms with van der Waals surface area (Å²) in [5, 5.41) is 55.3. The summed E-state index contributed by atoms with van der Waals surface area (Å²) in [7, 11) is 0. The Hall–Kier alpha value is -1.71. The maximum Gasteiger partial charge on any atom is 0.338 e. The average molecular weight is 302 g/mol. The van der Waals surface area contributed by atoms with Gasteiger partial charge in [-0.2, -0.15) is 0 Å². The molecule has 0 bridgehead atoms. The summed E-state index contributed by atoms with van der Waals surface area (Å²) in [6.45, 7) is -1.59. The Bertz CT molecular complexity index is 446. The van der Waals surface area contributed by atoms with Crippen molar-refractivity contribution in [3.63, 3.8) is 0 Å². The number of benzene rings is 1. The van der Waals surface area contributed by atoms with E-state index >= 15 is 0 Å². The monoisotopic (exact) mass is 302 g/mol. The van der Waals surface area contributed by atoms with Crippen LogP contribution in [0.5, 0.6) is 5.75 Å². The van der Waals surface area contributed by atoms with Crippen LogP contribution < -0.4 is 0 Å². The molecular weight excluding hydrogens is 284 g/mol. The van der Waals surface area contributed by atoms with Crippen LogP contribution in [-0.4, -0.2) is 74.2 Å². The number of rotatable bonds is 7. The van der Waals surface area contributed by atoms with E-state index in [0.29, 0.717) is 0 Å². The molecule has 0 aliphatic carbocycles. The predicted molar refractivity (Wildman–Crippen MR) is 69.5 cm³/mol. The number of carbonyl (C=O) groups is 1. The molecule has 1 aromatic rings. The summed E-state index contributed by atoms with van der Waals surface area (Å²) in [4.78, 5) is 11.8. The van der Waals surface area contributed by atoms with Crippen LogP contribution in [0.4, 0.5) is 0 Å². The molecule has 8 nitrogen and oxygen atoms in total. The standard InChI is InChI=1S/C13H18O8/c14-5-9(17)11(18)12(19)10(6-15)21-13(20)7-1-3-8(16)4-2-7/h1-4,9-12,14-19H,5-6H2/t9-,10+,11+,12+/m0/s1. The fourth-order valence-corrected chi connectivity index (χ4v) is 1.57. The van der Waals surface area contributed by atoms with Gasteiger partial charge in [0.1, 0.15) is 24.1 Å². The molecule has 0 spiro atoms. The molecule has 0 saturated heterocycles. The SMILES string of the molecule is O=C(O[C@H](CO)[C@@H](O)[C@H](O)[C@@H](O)CO)c1ccc(O)cc1. The van der Waals surface area contributed by atoms with E-state index in [9.17, 15) is 20.1 Å². The summed E-state index contributed by atoms with van der Waals surface area (Å²) in [5.41, 5.74) is 0.0654. The van der Waals surface area contributed by atoms with Gasteiger partial charge in [-0.15, -0.1) is 0 Å². The Morgan fingerprint density at radius 2 is 1.57 bits per heavy atom. The van der Waals surface area contributed by atoms with E-state index in [1.165, 1.54) is 24.3 Å². The van der Waals surface area contributed by atoms with Gasteiger partial charge in [0.2, 0.25) is 0 Å². The van der Waals surface area contributed by atoms with Crippen LogP contribution in [0.15, 0.2) is 24.3 Å². The first-order valence-electron chi connectivity index (χ1n) is 6.16. The fourth-order valence-electron chi connectivity index (χ4n) is 1.57. The minimum Gasteiger partial charge on any atom is -0.508 e. The van der Waals surface area contributed by atoms with Crippen LogP contribution in [-0.2, 0) is 4.74 Å². The molecule has 0 heterocycles. The normalized spacial score (nSPS) is 16.8. The second-order valence-electron chi connectivity index (χ2n) is 4.40. The van der Waals surface area contributed by atoms with Gasteiger partial charge in [-0.25, -0.2) is 4.79 Å². The molecule has 8 heteroatoms. The number of aliphatic hydroxyl groups excluding tert-OH is 5. The van der Waals surface area contributed by atoms with Crippen molar-refractivity contribution in [2.75, 3.05) is 13.2 Å². The van der Waals surface area contributed by atoms with Crippen LogP contribution in [0.25, 0.3) is 0 Å². The number of phenolic OH excluding ortho intramolecular Hbond substituents is 1. The molecule has 0 fully saturated rings. The first kappa shape index (κ1) is 17.3. The first-order valence-corrected chi connectivity index (χ1v) is 6.16. The number of ether oxygens (including phenoxy) is 1. The van der Waals surface area contributed by atoms with E-state index in [1.807, 2.05) is 0 Å². The molecule has 0 radical (unpaired) electrons. The van der Waals surface area contributed by atoms with E-state index in [2.05, 4.69) is 0 Å². The van der Waals surface area contributed by atoms with Crippen LogP contribution >= 0.6 is 0 Å².